The summed E-state index contributed by atoms with van der Waals surface area (Å²) >= 11 is 0. The number of hydrogen-bond acceptors (Lipinski definition) is 6. The van der Waals surface area contributed by atoms with Crippen molar-refractivity contribution in [1.29, 1.82) is 0 Å². The average Bonchev–Trinajstić information content (AvgIpc) is 3.23. The van der Waals surface area contributed by atoms with Crippen LogP contribution in [0.15, 0.2) is 97.2 Å². The van der Waals surface area contributed by atoms with Gasteiger partial charge in [0.2, 0.25) is 0 Å². The van der Waals surface area contributed by atoms with E-state index in [1.807, 2.05) is 36.5 Å². The van der Waals surface area contributed by atoms with Crippen molar-refractivity contribution in [3.63, 3.8) is 0 Å². The molecule has 59 heavy (non-hydrogen) atoms. The molecule has 0 aliphatic rings. The van der Waals surface area contributed by atoms with E-state index in [9.17, 15) is 14.4 Å². The van der Waals surface area contributed by atoms with Gasteiger partial charge in [-0.25, -0.2) is 0 Å². The molecule has 0 aliphatic heterocycles. The summed E-state index contributed by atoms with van der Waals surface area (Å²) < 4.78 is 16.6. The van der Waals surface area contributed by atoms with E-state index < -0.39 is 6.10 Å². The van der Waals surface area contributed by atoms with E-state index in [0.29, 0.717) is 19.3 Å². The average molecular weight is 819 g/mol. The number of hydrogen-bond donors (Lipinski definition) is 0. The van der Waals surface area contributed by atoms with Crippen molar-refractivity contribution in [2.24, 2.45) is 0 Å². The minimum absolute atomic E-state index is 0.107. The quantitative estimate of drug-likeness (QED) is 0.0201. The first-order valence-corrected chi connectivity index (χ1v) is 23.8. The minimum atomic E-state index is -0.811. The third kappa shape index (κ3) is 45.3. The summed E-state index contributed by atoms with van der Waals surface area (Å²) in [6, 6.07) is 0. The molecule has 0 radical (unpaired) electrons. The molecule has 6 nitrogen and oxygen atoms in total. The number of rotatable bonds is 41. The van der Waals surface area contributed by atoms with E-state index in [4.69, 9.17) is 14.2 Å². The predicted molar refractivity (Wildman–Crippen MR) is 251 cm³/mol. The van der Waals surface area contributed by atoms with Gasteiger partial charge in [-0.2, -0.15) is 0 Å². The van der Waals surface area contributed by atoms with Gasteiger partial charge < -0.3 is 14.2 Å². The maximum atomic E-state index is 12.7. The Hall–Kier alpha value is -3.67. The molecule has 0 aliphatic carbocycles. The molecule has 0 bridgehead atoms. The smallest absolute Gasteiger partial charge is 0.306 e. The van der Waals surface area contributed by atoms with Crippen LogP contribution in [0.2, 0.25) is 0 Å². The van der Waals surface area contributed by atoms with E-state index in [0.717, 1.165) is 77.0 Å². The molecule has 6 heteroatoms. The lowest BCUT2D eigenvalue weighted by Gasteiger charge is -2.18. The first-order valence-electron chi connectivity index (χ1n) is 23.8. The van der Waals surface area contributed by atoms with E-state index in [2.05, 4.69) is 81.5 Å². The molecule has 0 spiro atoms. The highest BCUT2D eigenvalue weighted by atomic mass is 16.6. The Morgan fingerprint density at radius 3 is 1.29 bits per heavy atom. The van der Waals surface area contributed by atoms with Crippen LogP contribution in [0.4, 0.5) is 0 Å². The van der Waals surface area contributed by atoms with Crippen LogP contribution in [0.3, 0.4) is 0 Å². The van der Waals surface area contributed by atoms with Crippen molar-refractivity contribution >= 4 is 17.9 Å². The first-order chi connectivity index (χ1) is 29.0. The first kappa shape index (κ1) is 55.3. The molecule has 0 heterocycles. The van der Waals surface area contributed by atoms with Crippen molar-refractivity contribution in [3.05, 3.63) is 97.2 Å². The molecule has 0 N–H and O–H groups in total. The van der Waals surface area contributed by atoms with Gasteiger partial charge in [-0.15, -0.1) is 0 Å². The van der Waals surface area contributed by atoms with Gasteiger partial charge in [0, 0.05) is 19.3 Å². The van der Waals surface area contributed by atoms with Gasteiger partial charge in [0.15, 0.2) is 6.10 Å². The Morgan fingerprint density at radius 1 is 0.373 bits per heavy atom. The lowest BCUT2D eigenvalue weighted by atomic mass is 10.1. The maximum absolute atomic E-state index is 12.7. The van der Waals surface area contributed by atoms with Crippen LogP contribution in [0.5, 0.6) is 0 Å². The second-order valence-corrected chi connectivity index (χ2v) is 15.4. The van der Waals surface area contributed by atoms with Gasteiger partial charge >= 0.3 is 17.9 Å². The Kier molecular flexibility index (Phi) is 44.1. The van der Waals surface area contributed by atoms with Gasteiger partial charge in [-0.05, 0) is 89.9 Å². The number of carbonyl (C=O) groups excluding carboxylic acids is 3. The van der Waals surface area contributed by atoms with Crippen molar-refractivity contribution in [1.82, 2.24) is 0 Å². The fraction of sp³-hybridized carbons (Fsp3) is 0.642. The third-order valence-corrected chi connectivity index (χ3v) is 9.68. The van der Waals surface area contributed by atoms with Crippen LogP contribution in [-0.4, -0.2) is 37.2 Å². The Labute approximate surface area is 362 Å². The standard InChI is InChI=1S/C53H86O6/c1-4-7-10-13-16-19-21-23-24-25-26-27-28-30-31-34-37-40-43-46-52(55)58-49-50(48-57-51(54)45-42-39-36-33-18-15-12-9-6-3)59-53(56)47-44-41-38-35-32-29-22-20-17-14-11-8-5-2/h8-9,11-12,14,16-23,29,32-33,50H,4-7,10,13,15,24-28,30-31,34-49H2,1-3H3/b11-8-,12-9-,17-14-,19-16-,22-20-,23-21-,32-29-,33-18-. The second kappa shape index (κ2) is 47.0. The summed E-state index contributed by atoms with van der Waals surface area (Å²) in [6.45, 7) is 6.25. The lowest BCUT2D eigenvalue weighted by Crippen LogP contribution is -2.30. The maximum Gasteiger partial charge on any atom is 0.306 e. The highest BCUT2D eigenvalue weighted by molar-refractivity contribution is 5.71. The molecule has 0 aromatic carbocycles. The van der Waals surface area contributed by atoms with E-state index in [1.165, 1.54) is 77.0 Å². The summed E-state index contributed by atoms with van der Waals surface area (Å²) in [7, 11) is 0. The predicted octanol–water partition coefficient (Wildman–Crippen LogP) is 15.4. The highest BCUT2D eigenvalue weighted by Gasteiger charge is 2.19. The molecular weight excluding hydrogens is 733 g/mol. The zero-order valence-electron chi connectivity index (χ0n) is 38.0. The molecule has 0 amide bonds. The molecule has 334 valence electrons. The van der Waals surface area contributed by atoms with E-state index in [-0.39, 0.29) is 37.5 Å². The van der Waals surface area contributed by atoms with Crippen molar-refractivity contribution in [2.45, 2.75) is 207 Å². The van der Waals surface area contributed by atoms with Crippen LogP contribution in [0, 0.1) is 0 Å². The monoisotopic (exact) mass is 819 g/mol. The van der Waals surface area contributed by atoms with Gasteiger partial charge in [0.1, 0.15) is 13.2 Å². The van der Waals surface area contributed by atoms with Gasteiger partial charge in [0.05, 0.1) is 0 Å². The van der Waals surface area contributed by atoms with Gasteiger partial charge in [-0.1, -0.05) is 189 Å². The van der Waals surface area contributed by atoms with Crippen molar-refractivity contribution < 1.29 is 28.6 Å². The fourth-order valence-corrected chi connectivity index (χ4v) is 6.13. The largest absolute Gasteiger partial charge is 0.462 e. The third-order valence-electron chi connectivity index (χ3n) is 9.68. The Balaban J connectivity index is 4.39. The molecular formula is C53H86O6. The molecule has 0 saturated heterocycles. The second-order valence-electron chi connectivity index (χ2n) is 15.4. The van der Waals surface area contributed by atoms with Gasteiger partial charge in [0.25, 0.3) is 0 Å². The SMILES string of the molecule is CC\C=C/C=C\C=C/C=C\CCCCCC(=O)OC(COC(=O)CCCC/C=C\C/C=C\CC)COC(=O)CCCCCCCCCCCC/C=C\C=C/CCCCC. The van der Waals surface area contributed by atoms with Crippen LogP contribution in [0.1, 0.15) is 201 Å². The Bertz CT molecular complexity index is 1220. The van der Waals surface area contributed by atoms with Crippen LogP contribution < -0.4 is 0 Å². The summed E-state index contributed by atoms with van der Waals surface area (Å²) in [6.07, 6.45) is 61.2. The Morgan fingerprint density at radius 2 is 0.746 bits per heavy atom. The number of carbonyl (C=O) groups is 3. The molecule has 0 aromatic rings. The molecule has 0 saturated carbocycles. The van der Waals surface area contributed by atoms with Gasteiger partial charge in [-0.3, -0.25) is 14.4 Å². The fourth-order valence-electron chi connectivity index (χ4n) is 6.13. The molecule has 1 unspecified atom stereocenters. The topological polar surface area (TPSA) is 78.9 Å². The summed E-state index contributed by atoms with van der Waals surface area (Å²) in [5.41, 5.74) is 0. The number of esters is 3. The molecule has 0 rings (SSSR count). The zero-order chi connectivity index (χ0) is 43.0. The zero-order valence-corrected chi connectivity index (χ0v) is 38.0. The summed E-state index contributed by atoms with van der Waals surface area (Å²) in [4.78, 5) is 37.7. The van der Waals surface area contributed by atoms with Crippen LogP contribution in [0.25, 0.3) is 0 Å². The number of allylic oxidation sites excluding steroid dienone is 16. The van der Waals surface area contributed by atoms with Crippen LogP contribution in [-0.2, 0) is 28.6 Å². The van der Waals surface area contributed by atoms with Crippen LogP contribution >= 0.6 is 0 Å². The lowest BCUT2D eigenvalue weighted by molar-refractivity contribution is -0.167. The molecule has 0 aromatic heterocycles. The molecule has 0 fully saturated rings. The number of unbranched alkanes of at least 4 members (excludes halogenated alkanes) is 18. The van der Waals surface area contributed by atoms with E-state index >= 15 is 0 Å². The summed E-state index contributed by atoms with van der Waals surface area (Å²) in [5, 5.41) is 0. The molecule has 1 atom stereocenters. The minimum Gasteiger partial charge on any atom is -0.462 e. The van der Waals surface area contributed by atoms with E-state index in [1.54, 1.807) is 0 Å². The van der Waals surface area contributed by atoms with Crippen molar-refractivity contribution in [2.75, 3.05) is 13.2 Å². The normalized spacial score (nSPS) is 12.9. The van der Waals surface area contributed by atoms with Crippen molar-refractivity contribution in [3.8, 4) is 0 Å². The summed E-state index contributed by atoms with van der Waals surface area (Å²) in [5.74, 6) is -0.997. The highest BCUT2D eigenvalue weighted by Crippen LogP contribution is 2.14. The number of ether oxygens (including phenoxy) is 3.